The van der Waals surface area contributed by atoms with E-state index in [2.05, 4.69) is 33.4 Å². The Kier molecular flexibility index (Phi) is 7.22. The van der Waals surface area contributed by atoms with Gasteiger partial charge in [-0.05, 0) is 59.0 Å². The number of amides is 2. The van der Waals surface area contributed by atoms with E-state index in [4.69, 9.17) is 21.1 Å². The summed E-state index contributed by atoms with van der Waals surface area (Å²) >= 11 is 7.91. The van der Waals surface area contributed by atoms with Gasteiger partial charge < -0.3 is 9.47 Å². The van der Waals surface area contributed by atoms with Crippen LogP contribution in [0.4, 0.5) is 0 Å². The highest BCUT2D eigenvalue weighted by Gasteiger charge is 2.15. The summed E-state index contributed by atoms with van der Waals surface area (Å²) in [5, 5.41) is 0.341. The standard InChI is InChI=1S/C17H14ClIN2O5/c1-25-14-6-5-11(18)8-13(14)16(23)21-20-15(22)9-26-17(24)10-3-2-4-12(19)7-10/h2-8H,9H2,1H3,(H,20,22)(H,21,23). The monoisotopic (exact) mass is 488 g/mol. The summed E-state index contributed by atoms with van der Waals surface area (Å²) in [6.07, 6.45) is 0. The number of hydrogen-bond donors (Lipinski definition) is 2. The SMILES string of the molecule is COc1ccc(Cl)cc1C(=O)NNC(=O)COC(=O)c1cccc(I)c1. The van der Waals surface area contributed by atoms with Crippen LogP contribution in [0.1, 0.15) is 20.7 Å². The number of hydrogen-bond acceptors (Lipinski definition) is 5. The number of carbonyl (C=O) groups is 3. The van der Waals surface area contributed by atoms with Gasteiger partial charge in [-0.2, -0.15) is 0 Å². The van der Waals surface area contributed by atoms with Crippen LogP contribution in [-0.4, -0.2) is 31.5 Å². The number of rotatable bonds is 5. The molecule has 0 spiro atoms. The van der Waals surface area contributed by atoms with E-state index in [9.17, 15) is 14.4 Å². The summed E-state index contributed by atoms with van der Waals surface area (Å²) in [5.41, 5.74) is 4.84. The summed E-state index contributed by atoms with van der Waals surface area (Å²) in [7, 11) is 1.41. The number of esters is 1. The van der Waals surface area contributed by atoms with Crippen LogP contribution in [0.25, 0.3) is 0 Å². The molecule has 0 saturated carbocycles. The molecule has 26 heavy (non-hydrogen) atoms. The second kappa shape index (κ2) is 9.39. The maximum Gasteiger partial charge on any atom is 0.338 e. The van der Waals surface area contributed by atoms with Crippen molar-refractivity contribution in [2.45, 2.75) is 0 Å². The third kappa shape index (κ3) is 5.60. The van der Waals surface area contributed by atoms with E-state index >= 15 is 0 Å². The van der Waals surface area contributed by atoms with Crippen LogP contribution >= 0.6 is 34.2 Å². The lowest BCUT2D eigenvalue weighted by molar-refractivity contribution is -0.125. The van der Waals surface area contributed by atoms with Gasteiger partial charge in [0.2, 0.25) is 0 Å². The first-order valence-electron chi connectivity index (χ1n) is 7.26. The van der Waals surface area contributed by atoms with Crippen molar-refractivity contribution in [3.05, 3.63) is 62.2 Å². The molecule has 0 aliphatic heterocycles. The molecule has 0 atom stereocenters. The first-order chi connectivity index (χ1) is 12.4. The van der Waals surface area contributed by atoms with Gasteiger partial charge in [-0.15, -0.1) is 0 Å². The van der Waals surface area contributed by atoms with Crippen molar-refractivity contribution in [3.8, 4) is 5.75 Å². The average Bonchev–Trinajstić information content (AvgIpc) is 2.64. The lowest BCUT2D eigenvalue weighted by Gasteiger charge is -2.11. The number of ether oxygens (including phenoxy) is 2. The van der Waals surface area contributed by atoms with Gasteiger partial charge in [0.05, 0.1) is 18.2 Å². The van der Waals surface area contributed by atoms with Crippen LogP contribution in [0.5, 0.6) is 5.75 Å². The maximum atomic E-state index is 12.1. The molecule has 2 amide bonds. The van der Waals surface area contributed by atoms with Crippen LogP contribution < -0.4 is 15.6 Å². The number of hydrazine groups is 1. The van der Waals surface area contributed by atoms with Gasteiger partial charge in [-0.25, -0.2) is 4.79 Å². The molecule has 0 aromatic heterocycles. The first-order valence-corrected chi connectivity index (χ1v) is 8.72. The topological polar surface area (TPSA) is 93.7 Å². The summed E-state index contributed by atoms with van der Waals surface area (Å²) in [4.78, 5) is 35.7. The van der Waals surface area contributed by atoms with Gasteiger partial charge in [0.25, 0.3) is 11.8 Å². The van der Waals surface area contributed by atoms with Crippen LogP contribution in [0.15, 0.2) is 42.5 Å². The van der Waals surface area contributed by atoms with Gasteiger partial charge in [0.15, 0.2) is 6.61 Å². The van der Waals surface area contributed by atoms with Gasteiger partial charge in [-0.3, -0.25) is 20.4 Å². The van der Waals surface area contributed by atoms with Crippen molar-refractivity contribution in [1.82, 2.24) is 10.9 Å². The Morgan fingerprint density at radius 3 is 2.58 bits per heavy atom. The summed E-state index contributed by atoms with van der Waals surface area (Å²) in [6, 6.07) is 11.2. The highest BCUT2D eigenvalue weighted by Crippen LogP contribution is 2.22. The molecule has 2 aromatic rings. The number of methoxy groups -OCH3 is 1. The molecule has 7 nitrogen and oxygen atoms in total. The fourth-order valence-electron chi connectivity index (χ4n) is 1.92. The van der Waals surface area contributed by atoms with Crippen LogP contribution in [0.3, 0.4) is 0 Å². The van der Waals surface area contributed by atoms with E-state index in [0.717, 1.165) is 3.57 Å². The predicted molar refractivity (Wildman–Crippen MR) is 103 cm³/mol. The lowest BCUT2D eigenvalue weighted by atomic mass is 10.2. The fraction of sp³-hybridized carbons (Fsp3) is 0.118. The van der Waals surface area contributed by atoms with Crippen molar-refractivity contribution >= 4 is 52.0 Å². The zero-order valence-electron chi connectivity index (χ0n) is 13.5. The maximum absolute atomic E-state index is 12.1. The Hall–Kier alpha value is -2.33. The van der Waals surface area contributed by atoms with Crippen molar-refractivity contribution in [2.24, 2.45) is 0 Å². The second-order valence-electron chi connectivity index (χ2n) is 4.93. The molecule has 0 fully saturated rings. The molecule has 9 heteroatoms. The molecule has 0 bridgehead atoms. The van der Waals surface area contributed by atoms with Crippen molar-refractivity contribution < 1.29 is 23.9 Å². The fourth-order valence-corrected chi connectivity index (χ4v) is 2.63. The van der Waals surface area contributed by atoms with Gasteiger partial charge >= 0.3 is 5.97 Å². The molecule has 0 heterocycles. The van der Waals surface area contributed by atoms with Gasteiger partial charge in [0.1, 0.15) is 5.75 Å². The summed E-state index contributed by atoms with van der Waals surface area (Å²) in [6.45, 7) is -0.544. The average molecular weight is 489 g/mol. The number of benzene rings is 2. The largest absolute Gasteiger partial charge is 0.496 e. The Bertz CT molecular complexity index is 844. The Balaban J connectivity index is 1.86. The molecule has 0 aliphatic carbocycles. The molecule has 0 unspecified atom stereocenters. The van der Waals surface area contributed by atoms with E-state index in [1.807, 2.05) is 6.07 Å². The van der Waals surface area contributed by atoms with Crippen LogP contribution in [0.2, 0.25) is 5.02 Å². The zero-order valence-corrected chi connectivity index (χ0v) is 16.5. The number of halogens is 2. The smallest absolute Gasteiger partial charge is 0.338 e. The predicted octanol–water partition coefficient (Wildman–Crippen LogP) is 2.57. The molecule has 2 N–H and O–H groups in total. The molecule has 2 rings (SSSR count). The Labute approximate surface area is 168 Å². The third-order valence-electron chi connectivity index (χ3n) is 3.12. The van der Waals surface area contributed by atoms with E-state index < -0.39 is 24.4 Å². The molecule has 0 aliphatic rings. The number of carbonyl (C=O) groups excluding carboxylic acids is 3. The van der Waals surface area contributed by atoms with E-state index in [1.54, 1.807) is 24.3 Å². The molecular formula is C17H14ClIN2O5. The van der Waals surface area contributed by atoms with E-state index in [-0.39, 0.29) is 5.56 Å². The molecule has 0 saturated heterocycles. The highest BCUT2D eigenvalue weighted by molar-refractivity contribution is 14.1. The summed E-state index contributed by atoms with van der Waals surface area (Å²) in [5.74, 6) is -1.66. The van der Waals surface area contributed by atoms with Crippen molar-refractivity contribution in [2.75, 3.05) is 13.7 Å². The van der Waals surface area contributed by atoms with Crippen LogP contribution in [0, 0.1) is 3.57 Å². The molecular weight excluding hydrogens is 475 g/mol. The van der Waals surface area contributed by atoms with Crippen LogP contribution in [-0.2, 0) is 9.53 Å². The highest BCUT2D eigenvalue weighted by atomic mass is 127. The van der Waals surface area contributed by atoms with E-state index in [0.29, 0.717) is 16.3 Å². The minimum atomic E-state index is -0.696. The molecule has 2 aromatic carbocycles. The molecule has 136 valence electrons. The lowest BCUT2D eigenvalue weighted by Crippen LogP contribution is -2.43. The minimum absolute atomic E-state index is 0.149. The third-order valence-corrected chi connectivity index (χ3v) is 4.02. The normalized spacial score (nSPS) is 9.96. The van der Waals surface area contributed by atoms with E-state index in [1.165, 1.54) is 19.2 Å². The quantitative estimate of drug-likeness (QED) is 0.383. The second-order valence-corrected chi connectivity index (χ2v) is 6.62. The van der Waals surface area contributed by atoms with Crippen molar-refractivity contribution in [3.63, 3.8) is 0 Å². The minimum Gasteiger partial charge on any atom is -0.496 e. The zero-order chi connectivity index (χ0) is 19.1. The van der Waals surface area contributed by atoms with Gasteiger partial charge in [0, 0.05) is 8.59 Å². The van der Waals surface area contributed by atoms with Gasteiger partial charge in [-0.1, -0.05) is 17.7 Å². The Morgan fingerprint density at radius 1 is 1.12 bits per heavy atom. The Morgan fingerprint density at radius 2 is 1.88 bits per heavy atom. The number of nitrogens with one attached hydrogen (secondary N) is 2. The summed E-state index contributed by atoms with van der Waals surface area (Å²) < 4.78 is 10.8. The first kappa shape index (κ1) is 20.0. The van der Waals surface area contributed by atoms with Crippen molar-refractivity contribution in [1.29, 1.82) is 0 Å². The molecule has 0 radical (unpaired) electrons.